The molecule has 1 aromatic heterocycles. The zero-order valence-corrected chi connectivity index (χ0v) is 27.2. The molecule has 15 heteroatoms. The lowest BCUT2D eigenvalue weighted by atomic mass is 9.76. The highest BCUT2D eigenvalue weighted by atomic mass is 35.5. The highest BCUT2D eigenvalue weighted by molar-refractivity contribution is 6.33. The van der Waals surface area contributed by atoms with Gasteiger partial charge in [-0.05, 0) is 23.8 Å². The van der Waals surface area contributed by atoms with Gasteiger partial charge in [0.1, 0.15) is 23.7 Å². The Labute approximate surface area is 276 Å². The number of methoxy groups -OCH3 is 3. The van der Waals surface area contributed by atoms with Gasteiger partial charge in [-0.1, -0.05) is 11.6 Å². The molecule has 250 valence electrons. The second-order valence-electron chi connectivity index (χ2n) is 11.4. The smallest absolute Gasteiger partial charge is 0.308 e. The van der Waals surface area contributed by atoms with Crippen molar-refractivity contribution in [1.29, 1.82) is 0 Å². The first kappa shape index (κ1) is 31.8. The number of aliphatic hydroxyl groups excluding tert-OH is 1. The Morgan fingerprint density at radius 2 is 1.65 bits per heavy atom. The number of carbonyl (C=O) groups excluding carboxylic acids is 3. The molecule has 1 N–H and O–H groups in total. The van der Waals surface area contributed by atoms with E-state index in [1.807, 2.05) is 0 Å². The molecule has 4 unspecified atom stereocenters. The molecule has 0 bridgehead atoms. The molecule has 7 rings (SSSR count). The van der Waals surface area contributed by atoms with Crippen molar-refractivity contribution >= 4 is 51.4 Å². The maximum absolute atomic E-state index is 14.4. The van der Waals surface area contributed by atoms with E-state index in [1.165, 1.54) is 51.5 Å². The van der Waals surface area contributed by atoms with Crippen molar-refractivity contribution in [3.63, 3.8) is 0 Å². The van der Waals surface area contributed by atoms with Crippen LogP contribution < -0.4 is 24.4 Å². The van der Waals surface area contributed by atoms with Gasteiger partial charge in [-0.15, -0.1) is 0 Å². The van der Waals surface area contributed by atoms with Crippen LogP contribution in [0.25, 0.3) is 33.1 Å². The summed E-state index contributed by atoms with van der Waals surface area (Å²) in [5, 5.41) is 11.5. The minimum atomic E-state index is -1.37. The SMILES string of the molecule is COc1c(Cl)ccc2c(=O)c3c(OC(C)=O)c4c5c(c3oc12)OCOC5C(OC)c1cc2c(c(OC(C)=O)c1-4)C(=O)N(C)C(OC)C2O. The Bertz CT molecular complexity index is 2160. The topological polar surface area (TPSA) is 170 Å². The average molecular weight is 682 g/mol. The molecule has 0 radical (unpaired) electrons. The third-order valence-corrected chi connectivity index (χ3v) is 9.04. The zero-order valence-electron chi connectivity index (χ0n) is 26.4. The number of aliphatic hydroxyl groups is 1. The number of ether oxygens (including phenoxy) is 7. The van der Waals surface area contributed by atoms with Gasteiger partial charge in [0.2, 0.25) is 5.43 Å². The summed E-state index contributed by atoms with van der Waals surface area (Å²) in [6.45, 7) is 1.99. The van der Waals surface area contributed by atoms with Crippen LogP contribution in [0.1, 0.15) is 59.2 Å². The van der Waals surface area contributed by atoms with E-state index in [2.05, 4.69) is 0 Å². The van der Waals surface area contributed by atoms with Gasteiger partial charge in [0.15, 0.2) is 47.2 Å². The maximum Gasteiger partial charge on any atom is 0.308 e. The fourth-order valence-corrected chi connectivity index (χ4v) is 7.11. The van der Waals surface area contributed by atoms with Gasteiger partial charge in [0.25, 0.3) is 5.91 Å². The van der Waals surface area contributed by atoms with Crippen LogP contribution in [-0.2, 0) is 23.8 Å². The van der Waals surface area contributed by atoms with Crippen molar-refractivity contribution in [2.45, 2.75) is 38.4 Å². The summed E-state index contributed by atoms with van der Waals surface area (Å²) in [6.07, 6.45) is -4.37. The number of amides is 1. The summed E-state index contributed by atoms with van der Waals surface area (Å²) in [4.78, 5) is 55.0. The van der Waals surface area contributed by atoms with Crippen molar-refractivity contribution in [1.82, 2.24) is 4.90 Å². The molecule has 1 amide bonds. The van der Waals surface area contributed by atoms with Gasteiger partial charge in [-0.3, -0.25) is 19.2 Å². The van der Waals surface area contributed by atoms with Crippen LogP contribution in [0.2, 0.25) is 5.02 Å². The average Bonchev–Trinajstić information content (AvgIpc) is 3.04. The van der Waals surface area contributed by atoms with Crippen LogP contribution in [0, 0.1) is 0 Å². The van der Waals surface area contributed by atoms with E-state index in [4.69, 9.17) is 49.2 Å². The fourth-order valence-electron chi connectivity index (χ4n) is 6.89. The molecule has 48 heavy (non-hydrogen) atoms. The first-order valence-electron chi connectivity index (χ1n) is 14.6. The van der Waals surface area contributed by atoms with Gasteiger partial charge in [-0.25, -0.2) is 0 Å². The minimum absolute atomic E-state index is 0.0172. The van der Waals surface area contributed by atoms with E-state index in [0.29, 0.717) is 5.56 Å². The summed E-state index contributed by atoms with van der Waals surface area (Å²) in [7, 11) is 5.56. The Balaban J connectivity index is 1.73. The van der Waals surface area contributed by atoms with Gasteiger partial charge in [0.05, 0.1) is 23.1 Å². The monoisotopic (exact) mass is 681 g/mol. The van der Waals surface area contributed by atoms with Gasteiger partial charge in [-0.2, -0.15) is 0 Å². The minimum Gasteiger partial charge on any atom is -0.491 e. The third kappa shape index (κ3) is 4.33. The Morgan fingerprint density at radius 3 is 2.29 bits per heavy atom. The molecule has 1 aliphatic carbocycles. The first-order valence-corrected chi connectivity index (χ1v) is 15.0. The van der Waals surface area contributed by atoms with E-state index in [1.54, 1.807) is 0 Å². The van der Waals surface area contributed by atoms with Crippen molar-refractivity contribution in [3.05, 3.63) is 55.7 Å². The molecule has 3 aromatic carbocycles. The van der Waals surface area contributed by atoms with Crippen molar-refractivity contribution < 1.29 is 57.1 Å². The molecule has 0 saturated carbocycles. The largest absolute Gasteiger partial charge is 0.491 e. The molecule has 2 aliphatic heterocycles. The van der Waals surface area contributed by atoms with Crippen LogP contribution in [-0.4, -0.2) is 69.3 Å². The molecular formula is C33H28ClNO13. The van der Waals surface area contributed by atoms with E-state index >= 15 is 0 Å². The Morgan fingerprint density at radius 1 is 0.938 bits per heavy atom. The summed E-state index contributed by atoms with van der Waals surface area (Å²) < 4.78 is 46.9. The predicted octanol–water partition coefficient (Wildman–Crippen LogP) is 4.33. The first-order chi connectivity index (χ1) is 22.9. The molecule has 4 aromatic rings. The predicted molar refractivity (Wildman–Crippen MR) is 167 cm³/mol. The molecule has 0 fully saturated rings. The fraction of sp³-hybridized carbons (Fsp3) is 0.333. The van der Waals surface area contributed by atoms with Crippen molar-refractivity contribution in [2.75, 3.05) is 35.2 Å². The summed E-state index contributed by atoms with van der Waals surface area (Å²) in [5.41, 5.74) is -0.0877. The van der Waals surface area contributed by atoms with Gasteiger partial charge in [0, 0.05) is 57.4 Å². The number of likely N-dealkylation sites (N-methyl/N-ethyl adjacent to an activating group) is 1. The van der Waals surface area contributed by atoms with E-state index in [0.717, 1.165) is 13.8 Å². The van der Waals surface area contributed by atoms with Crippen LogP contribution in [0.15, 0.2) is 27.4 Å². The number of hydrogen-bond donors (Lipinski definition) is 1. The molecule has 4 atom stereocenters. The number of carbonyl (C=O) groups is 3. The summed E-state index contributed by atoms with van der Waals surface area (Å²) >= 11 is 6.37. The lowest BCUT2D eigenvalue weighted by Crippen LogP contribution is -2.47. The van der Waals surface area contributed by atoms with Crippen LogP contribution >= 0.6 is 11.6 Å². The van der Waals surface area contributed by atoms with Gasteiger partial charge < -0.3 is 47.6 Å². The third-order valence-electron chi connectivity index (χ3n) is 8.75. The summed E-state index contributed by atoms with van der Waals surface area (Å²) in [6, 6.07) is 4.44. The van der Waals surface area contributed by atoms with E-state index in [9.17, 15) is 24.3 Å². The highest BCUT2D eigenvalue weighted by Gasteiger charge is 2.49. The number of nitrogens with zero attached hydrogens (tertiary/aromatic N) is 1. The molecule has 3 aliphatic rings. The van der Waals surface area contributed by atoms with Crippen LogP contribution in [0.3, 0.4) is 0 Å². The quantitative estimate of drug-likeness (QED) is 0.180. The molecule has 0 saturated heterocycles. The number of rotatable bonds is 5. The van der Waals surface area contributed by atoms with E-state index < -0.39 is 47.8 Å². The maximum atomic E-state index is 14.4. The Hall–Kier alpha value is -4.73. The highest BCUT2D eigenvalue weighted by Crippen LogP contribution is 2.62. The molecule has 3 heterocycles. The lowest BCUT2D eigenvalue weighted by molar-refractivity contribution is -0.133. The number of hydrogen-bond acceptors (Lipinski definition) is 13. The number of fused-ring (bicyclic) bond motifs is 6. The van der Waals surface area contributed by atoms with Gasteiger partial charge >= 0.3 is 11.9 Å². The standard InChI is InChI=1S/C33H28ClNO13/c1-11(36)46-27-17-15(9-14-18(27)32(40)35(3)33(43-6)23(14)39)24(41-4)29-20-19(17)28(47-12(2)37)21-22(38)13-7-8-16(34)26(42-5)25(13)48-31(21)30(20)45-10-44-29/h7-9,23-24,29,33,39H,10H2,1-6H3. The normalized spacial score (nSPS) is 20.9. The zero-order chi connectivity index (χ0) is 34.3. The van der Waals surface area contributed by atoms with E-state index in [-0.39, 0.29) is 84.6 Å². The van der Waals surface area contributed by atoms with Crippen LogP contribution in [0.4, 0.5) is 0 Å². The molecular weight excluding hydrogens is 654 g/mol. The number of benzene rings is 3. The Kier molecular flexibility index (Phi) is 7.60. The summed E-state index contributed by atoms with van der Waals surface area (Å²) in [5.74, 6) is -2.62. The lowest BCUT2D eigenvalue weighted by Gasteiger charge is -2.42. The van der Waals surface area contributed by atoms with Crippen LogP contribution in [0.5, 0.6) is 23.0 Å². The molecule has 0 spiro atoms. The second kappa shape index (κ2) is 11.5. The second-order valence-corrected chi connectivity index (χ2v) is 11.8. The van der Waals surface area contributed by atoms with Crippen molar-refractivity contribution in [2.24, 2.45) is 0 Å². The number of esters is 2. The number of halogens is 1. The van der Waals surface area contributed by atoms with Crippen molar-refractivity contribution in [3.8, 4) is 34.1 Å². The molecule has 14 nitrogen and oxygen atoms in total.